The minimum atomic E-state index is -1.06. The van der Waals surface area contributed by atoms with Gasteiger partial charge in [-0.15, -0.1) is 0 Å². The van der Waals surface area contributed by atoms with Crippen LogP contribution < -0.4 is 14.2 Å². The molecule has 2 aromatic carbocycles. The summed E-state index contributed by atoms with van der Waals surface area (Å²) < 4.78 is 16.1. The van der Waals surface area contributed by atoms with Crippen LogP contribution in [0.3, 0.4) is 0 Å². The SMILES string of the molecule is COc1ccc(C[C@@H](Oc2ccc(Cl)c(C)c2)C(=O)O)c(OC)c1. The minimum Gasteiger partial charge on any atom is -0.497 e. The molecule has 0 spiro atoms. The molecule has 0 aliphatic heterocycles. The Hall–Kier alpha value is -2.40. The van der Waals surface area contributed by atoms with E-state index < -0.39 is 12.1 Å². The van der Waals surface area contributed by atoms with Gasteiger partial charge in [0, 0.05) is 17.5 Å². The summed E-state index contributed by atoms with van der Waals surface area (Å²) in [6, 6.07) is 10.3. The van der Waals surface area contributed by atoms with Crippen LogP contribution in [0.25, 0.3) is 0 Å². The van der Waals surface area contributed by atoms with Crippen molar-refractivity contribution in [2.24, 2.45) is 0 Å². The first-order chi connectivity index (χ1) is 11.4. The Kier molecular flexibility index (Phi) is 5.93. The normalized spacial score (nSPS) is 11.7. The number of halogens is 1. The van der Waals surface area contributed by atoms with Gasteiger partial charge >= 0.3 is 5.97 Å². The Morgan fingerprint density at radius 3 is 2.42 bits per heavy atom. The number of rotatable bonds is 7. The number of aliphatic carboxylic acids is 1. The average Bonchev–Trinajstić information content (AvgIpc) is 2.57. The van der Waals surface area contributed by atoms with E-state index in [-0.39, 0.29) is 6.42 Å². The number of methoxy groups -OCH3 is 2. The summed E-state index contributed by atoms with van der Waals surface area (Å²) in [5, 5.41) is 10.1. The van der Waals surface area contributed by atoms with Gasteiger partial charge in [-0.2, -0.15) is 0 Å². The predicted octanol–water partition coefficient (Wildman–Crippen LogP) is 3.74. The lowest BCUT2D eigenvalue weighted by atomic mass is 10.1. The van der Waals surface area contributed by atoms with Crippen molar-refractivity contribution in [3.05, 3.63) is 52.5 Å². The topological polar surface area (TPSA) is 65.0 Å². The molecule has 2 rings (SSSR count). The van der Waals surface area contributed by atoms with Gasteiger partial charge in [-0.1, -0.05) is 17.7 Å². The Labute approximate surface area is 145 Å². The molecule has 1 N–H and O–H groups in total. The van der Waals surface area contributed by atoms with E-state index in [9.17, 15) is 9.90 Å². The molecule has 6 heteroatoms. The fraction of sp³-hybridized carbons (Fsp3) is 0.278. The quantitative estimate of drug-likeness (QED) is 0.824. The first-order valence-corrected chi connectivity index (χ1v) is 7.69. The van der Waals surface area contributed by atoms with Gasteiger partial charge in [0.1, 0.15) is 17.2 Å². The zero-order valence-corrected chi connectivity index (χ0v) is 14.5. The molecule has 0 amide bonds. The summed E-state index contributed by atoms with van der Waals surface area (Å²) in [7, 11) is 3.08. The van der Waals surface area contributed by atoms with Crippen LogP contribution in [0.15, 0.2) is 36.4 Å². The Morgan fingerprint density at radius 2 is 1.83 bits per heavy atom. The number of carboxylic acids is 1. The third-order valence-corrected chi connectivity index (χ3v) is 4.01. The molecule has 5 nitrogen and oxygen atoms in total. The van der Waals surface area contributed by atoms with Gasteiger partial charge in [-0.05, 0) is 42.3 Å². The molecular weight excluding hydrogens is 332 g/mol. The van der Waals surface area contributed by atoms with Crippen LogP contribution in [-0.4, -0.2) is 31.4 Å². The van der Waals surface area contributed by atoms with Crippen LogP contribution in [-0.2, 0) is 11.2 Å². The number of hydrogen-bond donors (Lipinski definition) is 1. The predicted molar refractivity (Wildman–Crippen MR) is 91.5 cm³/mol. The maximum atomic E-state index is 11.6. The fourth-order valence-corrected chi connectivity index (χ4v) is 2.37. The van der Waals surface area contributed by atoms with Crippen LogP contribution in [0.5, 0.6) is 17.2 Å². The summed E-state index contributed by atoms with van der Waals surface area (Å²) in [5.74, 6) is 0.588. The molecule has 0 aromatic heterocycles. The number of aryl methyl sites for hydroxylation is 1. The van der Waals surface area contributed by atoms with Crippen LogP contribution in [0.1, 0.15) is 11.1 Å². The maximum absolute atomic E-state index is 11.6. The van der Waals surface area contributed by atoms with E-state index in [4.69, 9.17) is 25.8 Å². The summed E-state index contributed by atoms with van der Waals surface area (Å²) in [6.07, 6.45) is -0.891. The van der Waals surface area contributed by atoms with E-state index in [0.717, 1.165) is 11.1 Å². The first kappa shape index (κ1) is 17.9. The largest absolute Gasteiger partial charge is 0.497 e. The fourth-order valence-electron chi connectivity index (χ4n) is 2.25. The highest BCUT2D eigenvalue weighted by Gasteiger charge is 2.22. The second-order valence-electron chi connectivity index (χ2n) is 5.24. The van der Waals surface area contributed by atoms with Crippen LogP contribution in [0.4, 0.5) is 0 Å². The zero-order valence-electron chi connectivity index (χ0n) is 13.7. The van der Waals surface area contributed by atoms with E-state index in [1.165, 1.54) is 7.11 Å². The molecule has 0 radical (unpaired) electrons. The molecule has 2 aromatic rings. The highest BCUT2D eigenvalue weighted by Crippen LogP contribution is 2.27. The van der Waals surface area contributed by atoms with Gasteiger partial charge in [-0.3, -0.25) is 0 Å². The van der Waals surface area contributed by atoms with Crippen LogP contribution >= 0.6 is 11.6 Å². The lowest BCUT2D eigenvalue weighted by Gasteiger charge is -2.17. The molecule has 0 heterocycles. The smallest absolute Gasteiger partial charge is 0.345 e. The standard InChI is InChI=1S/C18H19ClO5/c1-11-8-14(6-7-15(11)19)24-17(18(20)21)9-12-4-5-13(22-2)10-16(12)23-3/h4-8,10,17H,9H2,1-3H3,(H,20,21)/t17-/m1/s1. The van der Waals surface area contributed by atoms with Crippen molar-refractivity contribution < 1.29 is 24.1 Å². The van der Waals surface area contributed by atoms with E-state index in [2.05, 4.69) is 0 Å². The molecular formula is C18H19ClO5. The van der Waals surface area contributed by atoms with Crippen LogP contribution in [0.2, 0.25) is 5.02 Å². The van der Waals surface area contributed by atoms with Crippen molar-refractivity contribution in [3.63, 3.8) is 0 Å². The Morgan fingerprint density at radius 1 is 1.12 bits per heavy atom. The summed E-state index contributed by atoms with van der Waals surface area (Å²) >= 11 is 5.98. The molecule has 0 aliphatic carbocycles. The highest BCUT2D eigenvalue weighted by molar-refractivity contribution is 6.31. The van der Waals surface area contributed by atoms with E-state index in [0.29, 0.717) is 22.3 Å². The molecule has 0 unspecified atom stereocenters. The number of carboxylic acid groups (broad SMARTS) is 1. The first-order valence-electron chi connectivity index (χ1n) is 7.31. The summed E-state index contributed by atoms with van der Waals surface area (Å²) in [5.41, 5.74) is 1.54. The minimum absolute atomic E-state index is 0.157. The third kappa shape index (κ3) is 4.32. The van der Waals surface area contributed by atoms with E-state index in [1.807, 2.05) is 6.92 Å². The molecule has 0 fully saturated rings. The van der Waals surface area contributed by atoms with Gasteiger partial charge < -0.3 is 19.3 Å². The molecule has 1 atom stereocenters. The number of hydrogen-bond acceptors (Lipinski definition) is 4. The van der Waals surface area contributed by atoms with Gasteiger partial charge in [0.2, 0.25) is 0 Å². The molecule has 0 saturated carbocycles. The summed E-state index contributed by atoms with van der Waals surface area (Å²) in [6.45, 7) is 1.83. The monoisotopic (exact) mass is 350 g/mol. The van der Waals surface area contributed by atoms with Crippen molar-refractivity contribution in [2.75, 3.05) is 14.2 Å². The zero-order chi connectivity index (χ0) is 17.7. The second-order valence-corrected chi connectivity index (χ2v) is 5.64. The molecule has 24 heavy (non-hydrogen) atoms. The van der Waals surface area contributed by atoms with Crippen molar-refractivity contribution in [1.82, 2.24) is 0 Å². The van der Waals surface area contributed by atoms with E-state index >= 15 is 0 Å². The van der Waals surface area contributed by atoms with Gasteiger partial charge in [-0.25, -0.2) is 4.79 Å². The van der Waals surface area contributed by atoms with Gasteiger partial charge in [0.25, 0.3) is 0 Å². The van der Waals surface area contributed by atoms with Gasteiger partial charge in [0.05, 0.1) is 14.2 Å². The molecule has 0 saturated heterocycles. The highest BCUT2D eigenvalue weighted by atomic mass is 35.5. The van der Waals surface area contributed by atoms with Gasteiger partial charge in [0.15, 0.2) is 6.10 Å². The number of benzene rings is 2. The number of carbonyl (C=O) groups is 1. The number of ether oxygens (including phenoxy) is 3. The van der Waals surface area contributed by atoms with E-state index in [1.54, 1.807) is 43.5 Å². The molecule has 0 aliphatic rings. The summed E-state index contributed by atoms with van der Waals surface area (Å²) in [4.78, 5) is 11.6. The lowest BCUT2D eigenvalue weighted by Crippen LogP contribution is -2.29. The molecule has 0 bridgehead atoms. The third-order valence-electron chi connectivity index (χ3n) is 3.58. The Bertz CT molecular complexity index is 729. The maximum Gasteiger partial charge on any atom is 0.345 e. The Balaban J connectivity index is 2.22. The average molecular weight is 351 g/mol. The molecule has 128 valence electrons. The van der Waals surface area contributed by atoms with Crippen molar-refractivity contribution >= 4 is 17.6 Å². The van der Waals surface area contributed by atoms with Crippen LogP contribution in [0, 0.1) is 6.92 Å². The second kappa shape index (κ2) is 7.93. The van der Waals surface area contributed by atoms with Crippen molar-refractivity contribution in [2.45, 2.75) is 19.4 Å². The van der Waals surface area contributed by atoms with Crippen molar-refractivity contribution in [1.29, 1.82) is 0 Å². The van der Waals surface area contributed by atoms with Crippen molar-refractivity contribution in [3.8, 4) is 17.2 Å². The lowest BCUT2D eigenvalue weighted by molar-refractivity contribution is -0.145.